The van der Waals surface area contributed by atoms with Gasteiger partial charge in [0.15, 0.2) is 5.65 Å². The molecule has 1 fully saturated rings. The largest absolute Gasteiger partial charge is 0.390 e. The third-order valence-corrected chi connectivity index (χ3v) is 4.82. The van der Waals surface area contributed by atoms with Crippen molar-refractivity contribution >= 4 is 23.1 Å². The van der Waals surface area contributed by atoms with Crippen molar-refractivity contribution in [2.45, 2.75) is 31.6 Å². The normalized spacial score (nSPS) is 26.2. The number of fused-ring (bicyclic) bond motifs is 1. The first-order valence-corrected chi connectivity index (χ1v) is 8.51. The first-order valence-electron chi connectivity index (χ1n) is 8.13. The summed E-state index contributed by atoms with van der Waals surface area (Å²) in [6.07, 6.45) is 0.768. The van der Waals surface area contributed by atoms with Crippen LogP contribution in [0.25, 0.3) is 17.0 Å². The van der Waals surface area contributed by atoms with Gasteiger partial charge in [-0.25, -0.2) is 4.98 Å². The Morgan fingerprint density at radius 1 is 1.20 bits per heavy atom. The molecule has 25 heavy (non-hydrogen) atoms. The Labute approximate surface area is 149 Å². The molecule has 1 aliphatic carbocycles. The van der Waals surface area contributed by atoms with Crippen LogP contribution in [0.15, 0.2) is 36.5 Å². The SMILES string of the molecule is C[C@@H]1C[C@@H](Nc2cc(Cl)nc3cc(-c4ccccn4)nn23)[C@H](O)[C@@H]1O. The standard InChI is InChI=1S/C17H18ClN5O2/c1-9-6-12(17(25)16(9)24)20-15-8-13(18)21-14-7-11(22-23(14)15)10-4-2-3-5-19-10/h2-5,7-9,12,16-17,20,24-25H,6H2,1H3/t9-,12-,16-,17+/m1/s1. The molecule has 3 N–H and O–H groups in total. The minimum atomic E-state index is -0.845. The summed E-state index contributed by atoms with van der Waals surface area (Å²) in [6.45, 7) is 1.91. The molecule has 0 unspecified atom stereocenters. The molecule has 3 heterocycles. The lowest BCUT2D eigenvalue weighted by atomic mass is 10.1. The molecule has 0 amide bonds. The van der Waals surface area contributed by atoms with Gasteiger partial charge in [-0.15, -0.1) is 0 Å². The molecule has 0 aliphatic heterocycles. The number of halogens is 1. The molecule has 4 atom stereocenters. The van der Waals surface area contributed by atoms with Crippen molar-refractivity contribution in [3.05, 3.63) is 41.7 Å². The molecular formula is C17H18ClN5O2. The van der Waals surface area contributed by atoms with Crippen molar-refractivity contribution in [1.29, 1.82) is 0 Å². The Bertz CT molecular complexity index is 901. The number of aromatic nitrogens is 4. The number of hydrogen-bond acceptors (Lipinski definition) is 6. The number of hydrogen-bond donors (Lipinski definition) is 3. The molecular weight excluding hydrogens is 342 g/mol. The zero-order valence-corrected chi connectivity index (χ0v) is 14.3. The number of anilines is 1. The average molecular weight is 360 g/mol. The predicted molar refractivity (Wildman–Crippen MR) is 94.4 cm³/mol. The van der Waals surface area contributed by atoms with Crippen molar-refractivity contribution in [1.82, 2.24) is 19.6 Å². The Morgan fingerprint density at radius 2 is 2.04 bits per heavy atom. The summed E-state index contributed by atoms with van der Waals surface area (Å²) >= 11 is 6.14. The second kappa shape index (κ2) is 6.25. The minimum Gasteiger partial charge on any atom is -0.390 e. The van der Waals surface area contributed by atoms with Gasteiger partial charge in [0.2, 0.25) is 0 Å². The first kappa shape index (κ1) is 16.3. The van der Waals surface area contributed by atoms with Crippen molar-refractivity contribution in [2.75, 3.05) is 5.32 Å². The van der Waals surface area contributed by atoms with E-state index in [1.54, 1.807) is 16.8 Å². The quantitative estimate of drug-likeness (QED) is 0.619. The summed E-state index contributed by atoms with van der Waals surface area (Å²) in [5.74, 6) is 0.629. The molecule has 0 saturated heterocycles. The maximum Gasteiger partial charge on any atom is 0.159 e. The van der Waals surface area contributed by atoms with Gasteiger partial charge in [0.05, 0.1) is 17.8 Å². The lowest BCUT2D eigenvalue weighted by molar-refractivity contribution is 0.0210. The third kappa shape index (κ3) is 2.95. The van der Waals surface area contributed by atoms with Crippen LogP contribution in [0, 0.1) is 5.92 Å². The van der Waals surface area contributed by atoms with Crippen LogP contribution in [0.3, 0.4) is 0 Å². The number of pyridine rings is 1. The Hall–Kier alpha value is -2.22. The predicted octanol–water partition coefficient (Wildman–Crippen LogP) is 1.99. The van der Waals surface area contributed by atoms with Gasteiger partial charge in [-0.2, -0.15) is 9.61 Å². The molecule has 0 aromatic carbocycles. The van der Waals surface area contributed by atoms with Gasteiger partial charge in [-0.05, 0) is 24.5 Å². The van der Waals surface area contributed by atoms with Crippen LogP contribution in [-0.2, 0) is 0 Å². The van der Waals surface area contributed by atoms with E-state index in [-0.39, 0.29) is 12.0 Å². The van der Waals surface area contributed by atoms with E-state index in [9.17, 15) is 10.2 Å². The van der Waals surface area contributed by atoms with E-state index in [0.717, 1.165) is 5.69 Å². The molecule has 1 aliphatic rings. The molecule has 3 aromatic heterocycles. The Kier molecular flexibility index (Phi) is 4.07. The van der Waals surface area contributed by atoms with Crippen LogP contribution in [0.1, 0.15) is 13.3 Å². The molecule has 3 aromatic rings. The van der Waals surface area contributed by atoms with Crippen LogP contribution in [-0.4, -0.2) is 48.0 Å². The lowest BCUT2D eigenvalue weighted by Gasteiger charge is -2.19. The van der Waals surface area contributed by atoms with Crippen LogP contribution < -0.4 is 5.32 Å². The number of aliphatic hydroxyl groups excluding tert-OH is 2. The van der Waals surface area contributed by atoms with Gasteiger partial charge < -0.3 is 15.5 Å². The highest BCUT2D eigenvalue weighted by atomic mass is 35.5. The van der Waals surface area contributed by atoms with Crippen LogP contribution in [0.5, 0.6) is 0 Å². The van der Waals surface area contributed by atoms with E-state index in [4.69, 9.17) is 11.6 Å². The van der Waals surface area contributed by atoms with E-state index >= 15 is 0 Å². The average Bonchev–Trinajstić information content (AvgIpc) is 3.13. The summed E-state index contributed by atoms with van der Waals surface area (Å²) in [4.78, 5) is 8.59. The molecule has 130 valence electrons. The van der Waals surface area contributed by atoms with Gasteiger partial charge in [0.25, 0.3) is 0 Å². The van der Waals surface area contributed by atoms with Crippen LogP contribution in [0.2, 0.25) is 5.15 Å². The number of rotatable bonds is 3. The first-order chi connectivity index (χ1) is 12.0. The van der Waals surface area contributed by atoms with Crippen LogP contribution in [0.4, 0.5) is 5.82 Å². The second-order valence-corrected chi connectivity index (χ2v) is 6.81. The van der Waals surface area contributed by atoms with Gasteiger partial charge in [0, 0.05) is 18.3 Å². The summed E-state index contributed by atoms with van der Waals surface area (Å²) in [7, 11) is 0. The van der Waals surface area contributed by atoms with E-state index in [0.29, 0.717) is 28.7 Å². The maximum absolute atomic E-state index is 10.2. The van der Waals surface area contributed by atoms with E-state index in [1.165, 1.54) is 0 Å². The van der Waals surface area contributed by atoms with E-state index in [2.05, 4.69) is 20.4 Å². The summed E-state index contributed by atoms with van der Waals surface area (Å²) in [5, 5.41) is 28.3. The molecule has 7 nitrogen and oxygen atoms in total. The summed E-state index contributed by atoms with van der Waals surface area (Å²) in [5.41, 5.74) is 2.00. The van der Waals surface area contributed by atoms with Crippen molar-refractivity contribution < 1.29 is 10.2 Å². The molecule has 0 spiro atoms. The topological polar surface area (TPSA) is 95.6 Å². The molecule has 4 rings (SSSR count). The summed E-state index contributed by atoms with van der Waals surface area (Å²) < 4.78 is 1.64. The lowest BCUT2D eigenvalue weighted by Crippen LogP contribution is -2.35. The number of nitrogens with one attached hydrogen (secondary N) is 1. The maximum atomic E-state index is 10.2. The fraction of sp³-hybridized carbons (Fsp3) is 0.353. The molecule has 8 heteroatoms. The van der Waals surface area contributed by atoms with Crippen molar-refractivity contribution in [2.24, 2.45) is 5.92 Å². The molecule has 0 bridgehead atoms. The van der Waals surface area contributed by atoms with Crippen molar-refractivity contribution in [3.63, 3.8) is 0 Å². The second-order valence-electron chi connectivity index (χ2n) is 6.42. The monoisotopic (exact) mass is 359 g/mol. The number of nitrogens with zero attached hydrogens (tertiary/aromatic N) is 4. The third-order valence-electron chi connectivity index (χ3n) is 4.63. The smallest absolute Gasteiger partial charge is 0.159 e. The van der Waals surface area contributed by atoms with Crippen LogP contribution >= 0.6 is 11.6 Å². The highest BCUT2D eigenvalue weighted by molar-refractivity contribution is 6.29. The molecule has 1 saturated carbocycles. The summed E-state index contributed by atoms with van der Waals surface area (Å²) in [6, 6.07) is 8.79. The zero-order valence-electron chi connectivity index (χ0n) is 13.5. The fourth-order valence-electron chi connectivity index (χ4n) is 3.27. The van der Waals surface area contributed by atoms with Gasteiger partial charge in [-0.1, -0.05) is 24.6 Å². The molecule has 0 radical (unpaired) electrons. The van der Waals surface area contributed by atoms with Gasteiger partial charge >= 0.3 is 0 Å². The number of aliphatic hydroxyl groups is 2. The zero-order chi connectivity index (χ0) is 17.6. The van der Waals surface area contributed by atoms with Crippen molar-refractivity contribution in [3.8, 4) is 11.4 Å². The highest BCUT2D eigenvalue weighted by Crippen LogP contribution is 2.30. The fourth-order valence-corrected chi connectivity index (χ4v) is 3.46. The van der Waals surface area contributed by atoms with Gasteiger partial charge in [-0.3, -0.25) is 4.98 Å². The Morgan fingerprint density at radius 3 is 2.72 bits per heavy atom. The van der Waals surface area contributed by atoms with E-state index < -0.39 is 12.2 Å². The highest BCUT2D eigenvalue weighted by Gasteiger charge is 2.39. The minimum absolute atomic E-state index is 0.0157. The van der Waals surface area contributed by atoms with Gasteiger partial charge in [0.1, 0.15) is 22.8 Å². The Balaban J connectivity index is 1.73. The van der Waals surface area contributed by atoms with E-state index in [1.807, 2.05) is 31.2 Å².